The molecule has 5 heteroatoms. The summed E-state index contributed by atoms with van der Waals surface area (Å²) < 4.78 is 5.66. The standard InChI is InChI=1S/C19H23N3O2/c1-2-3-11-19(20-21-19)12-8-16(23)22-14-18(9-4-5-10-18)17(22)15-7-6-13-24-15/h1,6-7,13,17H,3-5,8-12,14H2/t17-/m1/s1. The molecule has 0 aromatic carbocycles. The van der Waals surface area contributed by atoms with Gasteiger partial charge in [0, 0.05) is 37.6 Å². The highest BCUT2D eigenvalue weighted by molar-refractivity contribution is 5.78. The van der Waals surface area contributed by atoms with Gasteiger partial charge in [0.2, 0.25) is 5.91 Å². The van der Waals surface area contributed by atoms with Crippen molar-refractivity contribution < 1.29 is 9.21 Å². The molecule has 1 spiro atoms. The summed E-state index contributed by atoms with van der Waals surface area (Å²) in [6.07, 6.45) is 14.5. The molecule has 2 fully saturated rings. The van der Waals surface area contributed by atoms with Crippen LogP contribution >= 0.6 is 0 Å². The molecular formula is C19H23N3O2. The van der Waals surface area contributed by atoms with E-state index >= 15 is 0 Å². The Morgan fingerprint density at radius 2 is 2.17 bits per heavy atom. The zero-order valence-electron chi connectivity index (χ0n) is 13.9. The molecule has 4 rings (SSSR count). The number of furan rings is 1. The van der Waals surface area contributed by atoms with Gasteiger partial charge in [-0.1, -0.05) is 12.8 Å². The number of hydrogen-bond acceptors (Lipinski definition) is 4. The van der Waals surface area contributed by atoms with Gasteiger partial charge in [-0.2, -0.15) is 10.2 Å². The van der Waals surface area contributed by atoms with Gasteiger partial charge >= 0.3 is 0 Å². The number of likely N-dealkylation sites (tertiary alicyclic amines) is 1. The summed E-state index contributed by atoms with van der Waals surface area (Å²) in [6.45, 7) is 0.864. The summed E-state index contributed by atoms with van der Waals surface area (Å²) in [7, 11) is 0. The number of terminal acetylenes is 1. The van der Waals surface area contributed by atoms with Crippen molar-refractivity contribution in [2.24, 2.45) is 15.6 Å². The minimum absolute atomic E-state index is 0.109. The molecule has 3 heterocycles. The van der Waals surface area contributed by atoms with Crippen molar-refractivity contribution in [3.8, 4) is 12.3 Å². The van der Waals surface area contributed by atoms with Crippen LogP contribution in [-0.4, -0.2) is 23.0 Å². The van der Waals surface area contributed by atoms with Crippen LogP contribution in [0.2, 0.25) is 0 Å². The van der Waals surface area contributed by atoms with E-state index in [1.165, 1.54) is 25.7 Å². The first kappa shape index (κ1) is 15.4. The van der Waals surface area contributed by atoms with Crippen LogP contribution in [0.15, 0.2) is 33.0 Å². The van der Waals surface area contributed by atoms with Crippen LogP contribution in [0.4, 0.5) is 0 Å². The molecule has 0 N–H and O–H groups in total. The van der Waals surface area contributed by atoms with Gasteiger partial charge in [-0.25, -0.2) is 0 Å². The van der Waals surface area contributed by atoms with Crippen LogP contribution in [0, 0.1) is 17.8 Å². The van der Waals surface area contributed by atoms with Crippen molar-refractivity contribution in [3.05, 3.63) is 24.2 Å². The fourth-order valence-electron chi connectivity index (χ4n) is 4.50. The van der Waals surface area contributed by atoms with E-state index < -0.39 is 0 Å². The minimum atomic E-state index is -0.377. The fourth-order valence-corrected chi connectivity index (χ4v) is 4.50. The number of carbonyl (C=O) groups is 1. The molecule has 1 aromatic heterocycles. The second-order valence-electron chi connectivity index (χ2n) is 7.40. The maximum atomic E-state index is 12.8. The lowest BCUT2D eigenvalue weighted by Crippen LogP contribution is -2.59. The molecule has 1 amide bonds. The lowest BCUT2D eigenvalue weighted by Gasteiger charge is -2.55. The maximum Gasteiger partial charge on any atom is 0.223 e. The molecule has 1 atom stereocenters. The molecule has 0 unspecified atom stereocenters. The Morgan fingerprint density at radius 3 is 2.79 bits per heavy atom. The lowest BCUT2D eigenvalue weighted by molar-refractivity contribution is -0.157. The molecule has 0 radical (unpaired) electrons. The summed E-state index contributed by atoms with van der Waals surface area (Å²) in [5.74, 6) is 3.74. The average Bonchev–Trinajstić information content (AvgIpc) is 2.97. The van der Waals surface area contributed by atoms with Crippen molar-refractivity contribution in [2.45, 2.75) is 63.1 Å². The predicted octanol–water partition coefficient (Wildman–Crippen LogP) is 4.08. The summed E-state index contributed by atoms with van der Waals surface area (Å²) in [5.41, 5.74) is -0.138. The van der Waals surface area contributed by atoms with Gasteiger partial charge in [0.05, 0.1) is 12.3 Å². The monoisotopic (exact) mass is 325 g/mol. The molecule has 1 aromatic rings. The van der Waals surface area contributed by atoms with E-state index in [1.54, 1.807) is 6.26 Å². The van der Waals surface area contributed by atoms with Gasteiger partial charge in [0.15, 0.2) is 5.66 Å². The first-order chi connectivity index (χ1) is 11.7. The van der Waals surface area contributed by atoms with E-state index in [-0.39, 0.29) is 23.0 Å². The molecule has 3 aliphatic rings. The molecule has 1 saturated heterocycles. The zero-order valence-corrected chi connectivity index (χ0v) is 13.9. The van der Waals surface area contributed by atoms with Gasteiger partial charge in [-0.3, -0.25) is 4.79 Å². The summed E-state index contributed by atoms with van der Waals surface area (Å²) >= 11 is 0. The van der Waals surface area contributed by atoms with Gasteiger partial charge in [0.25, 0.3) is 0 Å². The summed E-state index contributed by atoms with van der Waals surface area (Å²) in [4.78, 5) is 14.8. The van der Waals surface area contributed by atoms with Crippen molar-refractivity contribution in [2.75, 3.05) is 6.54 Å². The number of rotatable bonds is 6. The summed E-state index contributed by atoms with van der Waals surface area (Å²) in [6, 6.07) is 4.03. The van der Waals surface area contributed by atoms with E-state index in [2.05, 4.69) is 16.1 Å². The highest BCUT2D eigenvalue weighted by Crippen LogP contribution is 2.58. The maximum absolute atomic E-state index is 12.8. The first-order valence-corrected chi connectivity index (χ1v) is 8.89. The highest BCUT2D eigenvalue weighted by Gasteiger charge is 2.57. The molecule has 1 aliphatic carbocycles. The van der Waals surface area contributed by atoms with Gasteiger partial charge < -0.3 is 9.32 Å². The third-order valence-corrected chi connectivity index (χ3v) is 5.90. The van der Waals surface area contributed by atoms with E-state index in [1.807, 2.05) is 17.0 Å². The van der Waals surface area contributed by atoms with Gasteiger partial charge in [-0.15, -0.1) is 12.3 Å². The van der Waals surface area contributed by atoms with Crippen LogP contribution in [0.3, 0.4) is 0 Å². The van der Waals surface area contributed by atoms with E-state index in [0.29, 0.717) is 19.3 Å². The number of carbonyl (C=O) groups excluding carboxylic acids is 1. The van der Waals surface area contributed by atoms with Crippen molar-refractivity contribution in [1.82, 2.24) is 4.90 Å². The molecule has 0 bridgehead atoms. The molecule has 126 valence electrons. The average molecular weight is 325 g/mol. The molecule has 5 nitrogen and oxygen atoms in total. The molecule has 24 heavy (non-hydrogen) atoms. The van der Waals surface area contributed by atoms with Crippen LogP contribution < -0.4 is 0 Å². The largest absolute Gasteiger partial charge is 0.467 e. The van der Waals surface area contributed by atoms with Gasteiger partial charge in [0.1, 0.15) is 5.76 Å². The van der Waals surface area contributed by atoms with E-state index in [4.69, 9.17) is 10.8 Å². The number of hydrogen-bond donors (Lipinski definition) is 0. The SMILES string of the molecule is C#CCCC1(CCC(=O)N2CC3(CCCC3)[C@H]2c2ccco2)N=N1. The topological polar surface area (TPSA) is 58.2 Å². The van der Waals surface area contributed by atoms with Crippen LogP contribution in [-0.2, 0) is 4.79 Å². The Bertz CT molecular complexity index is 674. The van der Waals surface area contributed by atoms with E-state index in [9.17, 15) is 4.79 Å². The summed E-state index contributed by atoms with van der Waals surface area (Å²) in [5, 5.41) is 8.25. The van der Waals surface area contributed by atoms with Crippen LogP contribution in [0.1, 0.15) is 63.2 Å². The lowest BCUT2D eigenvalue weighted by atomic mass is 9.69. The molecule has 1 saturated carbocycles. The normalized spacial score (nSPS) is 25.5. The zero-order chi connectivity index (χ0) is 16.6. The van der Waals surface area contributed by atoms with Crippen molar-refractivity contribution in [3.63, 3.8) is 0 Å². The number of amides is 1. The second kappa shape index (κ2) is 5.77. The third-order valence-electron chi connectivity index (χ3n) is 5.90. The Balaban J connectivity index is 1.40. The van der Waals surface area contributed by atoms with E-state index in [0.717, 1.165) is 18.7 Å². The first-order valence-electron chi connectivity index (χ1n) is 8.89. The Labute approximate surface area is 142 Å². The van der Waals surface area contributed by atoms with Crippen LogP contribution in [0.25, 0.3) is 0 Å². The minimum Gasteiger partial charge on any atom is -0.467 e. The van der Waals surface area contributed by atoms with Crippen LogP contribution in [0.5, 0.6) is 0 Å². The Morgan fingerprint density at radius 1 is 1.38 bits per heavy atom. The quantitative estimate of drug-likeness (QED) is 0.740. The molecule has 2 aliphatic heterocycles. The highest BCUT2D eigenvalue weighted by atomic mass is 16.3. The van der Waals surface area contributed by atoms with Gasteiger partial charge in [-0.05, 0) is 25.0 Å². The third kappa shape index (κ3) is 2.54. The Hall–Kier alpha value is -2.09. The molecular weight excluding hydrogens is 302 g/mol. The van der Waals surface area contributed by atoms with Crippen molar-refractivity contribution in [1.29, 1.82) is 0 Å². The Kier molecular flexibility index (Phi) is 3.71. The van der Waals surface area contributed by atoms with Crippen molar-refractivity contribution >= 4 is 5.91 Å². The number of nitrogens with zero attached hydrogens (tertiary/aromatic N) is 3. The predicted molar refractivity (Wildman–Crippen MR) is 89.0 cm³/mol. The smallest absolute Gasteiger partial charge is 0.223 e. The fraction of sp³-hybridized carbons (Fsp3) is 0.632. The second-order valence-corrected chi connectivity index (χ2v) is 7.40.